The van der Waals surface area contributed by atoms with Gasteiger partial charge in [0.25, 0.3) is 5.69 Å². The van der Waals surface area contributed by atoms with Crippen molar-refractivity contribution in [2.75, 3.05) is 0 Å². The van der Waals surface area contributed by atoms with E-state index in [0.29, 0.717) is 4.47 Å². The Morgan fingerprint density at radius 2 is 1.92 bits per heavy atom. The summed E-state index contributed by atoms with van der Waals surface area (Å²) in [6.07, 6.45) is 0. The Balaban J connectivity index is 2.55. The number of nitro groups is 1. The maximum absolute atomic E-state index is 12.4. The number of hydrogen-bond acceptors (Lipinski definition) is 6. The van der Waals surface area contributed by atoms with Crippen LogP contribution in [0.3, 0.4) is 0 Å². The average Bonchev–Trinajstić information content (AvgIpc) is 2.48. The van der Waals surface area contributed by atoms with Crippen LogP contribution in [0.5, 0.6) is 5.75 Å². The molecule has 0 fully saturated rings. The lowest BCUT2D eigenvalue weighted by atomic mass is 10.1. The first kappa shape index (κ1) is 18.4. The van der Waals surface area contributed by atoms with Crippen molar-refractivity contribution in [3.63, 3.8) is 0 Å². The molecule has 0 aliphatic rings. The Morgan fingerprint density at radius 1 is 1.25 bits per heavy atom. The number of Topliss-reactive ketones (excluding diaryl/α,β-unsaturated/α-hetero) is 1. The van der Waals surface area contributed by atoms with E-state index in [1.807, 2.05) is 0 Å². The van der Waals surface area contributed by atoms with E-state index >= 15 is 0 Å². The highest BCUT2D eigenvalue weighted by Crippen LogP contribution is 2.31. The SMILES string of the molecule is CC(=O)c1cc(Br)ccc1OS(=O)(=O)c1ccc(Cl)cc1[N+](=O)[O-]. The molecule has 0 atom stereocenters. The fourth-order valence-electron chi connectivity index (χ4n) is 1.86. The van der Waals surface area contributed by atoms with Crippen LogP contribution >= 0.6 is 27.5 Å². The van der Waals surface area contributed by atoms with Crippen LogP contribution in [-0.4, -0.2) is 19.1 Å². The van der Waals surface area contributed by atoms with Crippen LogP contribution < -0.4 is 4.18 Å². The van der Waals surface area contributed by atoms with Crippen LogP contribution in [0.4, 0.5) is 5.69 Å². The molecule has 2 aromatic rings. The lowest BCUT2D eigenvalue weighted by molar-refractivity contribution is -0.387. The van der Waals surface area contributed by atoms with E-state index in [-0.39, 0.29) is 16.3 Å². The molecule has 0 heterocycles. The van der Waals surface area contributed by atoms with Gasteiger partial charge in [-0.1, -0.05) is 27.5 Å². The van der Waals surface area contributed by atoms with Gasteiger partial charge in [-0.05, 0) is 37.3 Å². The molecule has 0 saturated carbocycles. The highest BCUT2D eigenvalue weighted by Gasteiger charge is 2.29. The van der Waals surface area contributed by atoms with Crippen LogP contribution in [0.15, 0.2) is 45.8 Å². The molecule has 10 heteroatoms. The van der Waals surface area contributed by atoms with E-state index in [2.05, 4.69) is 15.9 Å². The van der Waals surface area contributed by atoms with Gasteiger partial charge in [0, 0.05) is 15.6 Å². The van der Waals surface area contributed by atoms with E-state index in [4.69, 9.17) is 15.8 Å². The molecule has 2 rings (SSSR count). The zero-order valence-corrected chi connectivity index (χ0v) is 15.2. The minimum Gasteiger partial charge on any atom is -0.378 e. The number of nitro benzene ring substituents is 1. The number of hydrogen-bond donors (Lipinski definition) is 0. The largest absolute Gasteiger partial charge is 0.378 e. The summed E-state index contributed by atoms with van der Waals surface area (Å²) in [4.78, 5) is 21.2. The molecule has 0 N–H and O–H groups in total. The van der Waals surface area contributed by atoms with E-state index < -0.39 is 31.4 Å². The maximum Gasteiger partial charge on any atom is 0.346 e. The van der Waals surface area contributed by atoms with Gasteiger partial charge in [-0.25, -0.2) is 0 Å². The van der Waals surface area contributed by atoms with Crippen LogP contribution in [0.25, 0.3) is 0 Å². The Labute approximate surface area is 150 Å². The lowest BCUT2D eigenvalue weighted by Gasteiger charge is -2.10. The average molecular weight is 435 g/mol. The molecule has 24 heavy (non-hydrogen) atoms. The molecule has 0 aromatic heterocycles. The molecule has 0 aliphatic carbocycles. The Kier molecular flexibility index (Phi) is 5.26. The summed E-state index contributed by atoms with van der Waals surface area (Å²) in [6.45, 7) is 1.24. The third-order valence-electron chi connectivity index (χ3n) is 2.91. The van der Waals surface area contributed by atoms with Gasteiger partial charge in [-0.3, -0.25) is 14.9 Å². The summed E-state index contributed by atoms with van der Waals surface area (Å²) in [5.41, 5.74) is -0.700. The summed E-state index contributed by atoms with van der Waals surface area (Å²) < 4.78 is 30.3. The Morgan fingerprint density at radius 3 is 2.50 bits per heavy atom. The quantitative estimate of drug-likeness (QED) is 0.305. The van der Waals surface area contributed by atoms with E-state index in [1.165, 1.54) is 31.2 Å². The first-order chi connectivity index (χ1) is 11.1. The van der Waals surface area contributed by atoms with Gasteiger partial charge in [0.15, 0.2) is 16.4 Å². The molecule has 0 saturated heterocycles. The number of ketones is 1. The van der Waals surface area contributed by atoms with Gasteiger partial charge >= 0.3 is 10.1 Å². The Bertz CT molecular complexity index is 944. The predicted molar refractivity (Wildman–Crippen MR) is 90.1 cm³/mol. The lowest BCUT2D eigenvalue weighted by Crippen LogP contribution is -2.13. The minimum absolute atomic E-state index is 0.00807. The second-order valence-electron chi connectivity index (χ2n) is 4.60. The summed E-state index contributed by atoms with van der Waals surface area (Å²) in [6, 6.07) is 7.22. The number of halogens is 2. The normalized spacial score (nSPS) is 11.1. The van der Waals surface area contributed by atoms with Crippen molar-refractivity contribution in [3.05, 3.63) is 61.6 Å². The van der Waals surface area contributed by atoms with Gasteiger partial charge < -0.3 is 4.18 Å². The topological polar surface area (TPSA) is 104 Å². The van der Waals surface area contributed by atoms with Crippen molar-refractivity contribution in [1.82, 2.24) is 0 Å². The first-order valence-electron chi connectivity index (χ1n) is 6.31. The number of benzene rings is 2. The second kappa shape index (κ2) is 6.88. The third kappa shape index (κ3) is 3.92. The first-order valence-corrected chi connectivity index (χ1v) is 8.88. The monoisotopic (exact) mass is 433 g/mol. The highest BCUT2D eigenvalue weighted by molar-refractivity contribution is 9.10. The molecule has 0 radical (unpaired) electrons. The standard InChI is InChI=1S/C14H9BrClNO6S/c1-8(18)11-6-9(15)2-4-13(11)23-24(21,22)14-5-3-10(16)7-12(14)17(19)20/h2-7H,1H3. The number of nitrogens with zero attached hydrogens (tertiary/aromatic N) is 1. The van der Waals surface area contributed by atoms with Crippen LogP contribution in [0.2, 0.25) is 5.02 Å². The van der Waals surface area contributed by atoms with Crippen LogP contribution in [0.1, 0.15) is 17.3 Å². The minimum atomic E-state index is -4.54. The Hall–Kier alpha value is -1.97. The molecular formula is C14H9BrClNO6S. The molecular weight excluding hydrogens is 426 g/mol. The number of rotatable bonds is 5. The van der Waals surface area contributed by atoms with Crippen molar-refractivity contribution in [2.45, 2.75) is 11.8 Å². The second-order valence-corrected chi connectivity index (χ2v) is 7.47. The summed E-state index contributed by atoms with van der Waals surface area (Å²) in [5.74, 6) is -0.651. The van der Waals surface area contributed by atoms with Crippen LogP contribution in [-0.2, 0) is 10.1 Å². The van der Waals surface area contributed by atoms with E-state index in [0.717, 1.165) is 12.1 Å². The van der Waals surface area contributed by atoms with Crippen molar-refractivity contribution < 1.29 is 22.3 Å². The maximum atomic E-state index is 12.4. The number of carbonyl (C=O) groups is 1. The van der Waals surface area contributed by atoms with Crippen molar-refractivity contribution in [3.8, 4) is 5.75 Å². The van der Waals surface area contributed by atoms with E-state index in [9.17, 15) is 23.3 Å². The van der Waals surface area contributed by atoms with Gasteiger partial charge in [0.05, 0.1) is 10.5 Å². The smallest absolute Gasteiger partial charge is 0.346 e. The molecule has 0 bridgehead atoms. The molecule has 126 valence electrons. The van der Waals surface area contributed by atoms with Gasteiger partial charge in [0.1, 0.15) is 0 Å². The molecule has 0 unspecified atom stereocenters. The highest BCUT2D eigenvalue weighted by atomic mass is 79.9. The predicted octanol–water partition coefficient (Wildman–Crippen LogP) is 3.98. The fraction of sp³-hybridized carbons (Fsp3) is 0.0714. The van der Waals surface area contributed by atoms with Crippen molar-refractivity contribution in [2.24, 2.45) is 0 Å². The van der Waals surface area contributed by atoms with Gasteiger partial charge in [-0.2, -0.15) is 8.42 Å². The van der Waals surface area contributed by atoms with Crippen molar-refractivity contribution >= 4 is 49.1 Å². The van der Waals surface area contributed by atoms with E-state index in [1.54, 1.807) is 0 Å². The molecule has 0 aliphatic heterocycles. The van der Waals surface area contributed by atoms with Crippen molar-refractivity contribution in [1.29, 1.82) is 0 Å². The van der Waals surface area contributed by atoms with Crippen LogP contribution in [0, 0.1) is 10.1 Å². The van der Waals surface area contributed by atoms with Gasteiger partial charge in [0.2, 0.25) is 0 Å². The summed E-state index contributed by atoms with van der Waals surface area (Å²) in [7, 11) is -4.54. The summed E-state index contributed by atoms with van der Waals surface area (Å²) in [5, 5.41) is 11.1. The zero-order valence-electron chi connectivity index (χ0n) is 12.0. The fourth-order valence-corrected chi connectivity index (χ4v) is 3.48. The number of carbonyl (C=O) groups excluding carboxylic acids is 1. The molecule has 7 nitrogen and oxygen atoms in total. The third-order valence-corrected chi connectivity index (χ3v) is 4.92. The zero-order chi connectivity index (χ0) is 18.1. The van der Waals surface area contributed by atoms with Gasteiger partial charge in [-0.15, -0.1) is 0 Å². The molecule has 0 spiro atoms. The molecule has 0 amide bonds. The molecule has 2 aromatic carbocycles. The summed E-state index contributed by atoms with van der Waals surface area (Å²) >= 11 is 8.83.